The van der Waals surface area contributed by atoms with E-state index in [-0.39, 0.29) is 17.8 Å². The first kappa shape index (κ1) is 12.9. The molecule has 1 aromatic rings. The number of ether oxygens (including phenoxy) is 1. The molecule has 0 aliphatic carbocycles. The number of anilines is 2. The monoisotopic (exact) mass is 328 g/mol. The van der Waals surface area contributed by atoms with Crippen LogP contribution in [0.25, 0.3) is 0 Å². The van der Waals surface area contributed by atoms with Crippen molar-refractivity contribution in [3.05, 3.63) is 22.4 Å². The van der Waals surface area contributed by atoms with Gasteiger partial charge in [0, 0.05) is 26.1 Å². The summed E-state index contributed by atoms with van der Waals surface area (Å²) in [5.41, 5.74) is 0.670. The van der Waals surface area contributed by atoms with Crippen molar-refractivity contribution in [2.24, 2.45) is 0 Å². The second-order valence-corrected chi connectivity index (χ2v) is 6.04. The van der Waals surface area contributed by atoms with E-state index in [1.165, 1.54) is 6.07 Å². The van der Waals surface area contributed by atoms with Crippen molar-refractivity contribution in [2.45, 2.75) is 25.0 Å². The van der Waals surface area contributed by atoms with Gasteiger partial charge in [-0.15, -0.1) is 0 Å². The molecular formula is C13H14BrFN2O2. The number of hydrogen-bond acceptors (Lipinski definition) is 3. The first-order valence-corrected chi connectivity index (χ1v) is 6.86. The quantitative estimate of drug-likeness (QED) is 0.861. The minimum Gasteiger partial charge on any atom is -0.380 e. The largest absolute Gasteiger partial charge is 0.380 e. The van der Waals surface area contributed by atoms with Crippen LogP contribution in [-0.2, 0) is 9.53 Å². The molecule has 0 unspecified atom stereocenters. The second-order valence-electron chi connectivity index (χ2n) is 5.18. The SMILES string of the molecule is CO[C@@H]1CN2c3cc(F)c(Br)cc3NC(=O)[C@@]2(C)C1. The highest BCUT2D eigenvalue weighted by Gasteiger charge is 2.51. The fourth-order valence-electron chi connectivity index (χ4n) is 2.88. The lowest BCUT2D eigenvalue weighted by Gasteiger charge is -2.40. The number of nitrogens with zero attached hydrogens (tertiary/aromatic N) is 1. The number of carbonyl (C=O) groups is 1. The van der Waals surface area contributed by atoms with Crippen LogP contribution in [0, 0.1) is 5.82 Å². The number of benzene rings is 1. The van der Waals surface area contributed by atoms with E-state index in [1.807, 2.05) is 11.8 Å². The molecule has 0 bridgehead atoms. The molecule has 19 heavy (non-hydrogen) atoms. The summed E-state index contributed by atoms with van der Waals surface area (Å²) in [5.74, 6) is -0.406. The number of amides is 1. The van der Waals surface area contributed by atoms with Gasteiger partial charge in [0.15, 0.2) is 0 Å². The Morgan fingerprint density at radius 2 is 2.32 bits per heavy atom. The Hall–Kier alpha value is -1.14. The van der Waals surface area contributed by atoms with E-state index in [2.05, 4.69) is 21.2 Å². The van der Waals surface area contributed by atoms with Crippen molar-refractivity contribution in [2.75, 3.05) is 23.9 Å². The number of hydrogen-bond donors (Lipinski definition) is 1. The number of rotatable bonds is 1. The molecule has 1 amide bonds. The third-order valence-corrected chi connectivity index (χ3v) is 4.61. The fraction of sp³-hybridized carbons (Fsp3) is 0.462. The summed E-state index contributed by atoms with van der Waals surface area (Å²) in [7, 11) is 1.63. The summed E-state index contributed by atoms with van der Waals surface area (Å²) in [5, 5.41) is 2.85. The van der Waals surface area contributed by atoms with Gasteiger partial charge in [0.05, 0.1) is 22.0 Å². The predicted molar refractivity (Wildman–Crippen MR) is 73.9 cm³/mol. The van der Waals surface area contributed by atoms with E-state index >= 15 is 0 Å². The first-order chi connectivity index (χ1) is 8.95. The maximum absolute atomic E-state index is 13.7. The van der Waals surface area contributed by atoms with Gasteiger partial charge in [0.1, 0.15) is 11.4 Å². The average Bonchev–Trinajstić information content (AvgIpc) is 2.72. The highest BCUT2D eigenvalue weighted by atomic mass is 79.9. The van der Waals surface area contributed by atoms with Crippen molar-refractivity contribution in [1.29, 1.82) is 0 Å². The lowest BCUT2D eigenvalue weighted by molar-refractivity contribution is -0.121. The molecule has 3 rings (SSSR count). The molecule has 1 N–H and O–H groups in total. The van der Waals surface area contributed by atoms with Crippen LogP contribution in [0.15, 0.2) is 16.6 Å². The van der Waals surface area contributed by atoms with Crippen LogP contribution in [0.5, 0.6) is 0 Å². The van der Waals surface area contributed by atoms with Gasteiger partial charge in [-0.3, -0.25) is 4.79 Å². The summed E-state index contributed by atoms with van der Waals surface area (Å²) < 4.78 is 19.5. The zero-order chi connectivity index (χ0) is 13.8. The standard InChI is InChI=1S/C13H14BrFN2O2/c1-13-5-7(19-2)6-17(13)11-4-9(15)8(14)3-10(11)16-12(13)18/h3-4,7H,5-6H2,1-2H3,(H,16,18)/t7-,13+/m0/s1. The molecular weight excluding hydrogens is 315 g/mol. The molecule has 102 valence electrons. The molecule has 2 aliphatic heterocycles. The van der Waals surface area contributed by atoms with Crippen molar-refractivity contribution >= 4 is 33.2 Å². The fourth-order valence-corrected chi connectivity index (χ4v) is 3.22. The zero-order valence-corrected chi connectivity index (χ0v) is 12.3. The number of methoxy groups -OCH3 is 1. The molecule has 0 spiro atoms. The molecule has 0 radical (unpaired) electrons. The van der Waals surface area contributed by atoms with Crippen LogP contribution in [0.4, 0.5) is 15.8 Å². The Morgan fingerprint density at radius 3 is 3.00 bits per heavy atom. The number of carbonyl (C=O) groups excluding carboxylic acids is 1. The second kappa shape index (κ2) is 4.18. The lowest BCUT2D eigenvalue weighted by atomic mass is 9.93. The number of fused-ring (bicyclic) bond motifs is 3. The topological polar surface area (TPSA) is 41.6 Å². The van der Waals surface area contributed by atoms with Gasteiger partial charge in [-0.05, 0) is 28.9 Å². The Morgan fingerprint density at radius 1 is 1.58 bits per heavy atom. The third-order valence-electron chi connectivity index (χ3n) is 4.01. The molecule has 4 nitrogen and oxygen atoms in total. The van der Waals surface area contributed by atoms with Crippen molar-refractivity contribution in [3.8, 4) is 0 Å². The van der Waals surface area contributed by atoms with Gasteiger partial charge in [-0.1, -0.05) is 0 Å². The summed E-state index contributed by atoms with van der Waals surface area (Å²) in [6.07, 6.45) is 0.584. The van der Waals surface area contributed by atoms with Crippen molar-refractivity contribution in [1.82, 2.24) is 0 Å². The molecule has 1 fully saturated rings. The van der Waals surface area contributed by atoms with Gasteiger partial charge in [-0.2, -0.15) is 0 Å². The molecule has 2 heterocycles. The third kappa shape index (κ3) is 1.77. The highest BCUT2D eigenvalue weighted by Crippen LogP contribution is 2.44. The molecule has 1 aromatic carbocycles. The van der Waals surface area contributed by atoms with Gasteiger partial charge >= 0.3 is 0 Å². The van der Waals surface area contributed by atoms with Crippen LogP contribution >= 0.6 is 15.9 Å². The van der Waals surface area contributed by atoms with E-state index in [1.54, 1.807) is 13.2 Å². The molecule has 2 atom stereocenters. The number of nitrogens with one attached hydrogen (secondary N) is 1. The predicted octanol–water partition coefficient (Wildman–Crippen LogP) is 2.52. The Bertz CT molecular complexity index is 566. The van der Waals surface area contributed by atoms with Crippen LogP contribution in [0.3, 0.4) is 0 Å². The first-order valence-electron chi connectivity index (χ1n) is 6.06. The maximum Gasteiger partial charge on any atom is 0.250 e. The van der Waals surface area contributed by atoms with Crippen LogP contribution in [0.1, 0.15) is 13.3 Å². The highest BCUT2D eigenvalue weighted by molar-refractivity contribution is 9.10. The average molecular weight is 329 g/mol. The van der Waals surface area contributed by atoms with Crippen LogP contribution in [-0.4, -0.2) is 31.2 Å². The van der Waals surface area contributed by atoms with Gasteiger partial charge in [-0.25, -0.2) is 4.39 Å². The van der Waals surface area contributed by atoms with Gasteiger partial charge in [0.2, 0.25) is 5.91 Å². The van der Waals surface area contributed by atoms with E-state index < -0.39 is 5.54 Å². The maximum atomic E-state index is 13.7. The summed E-state index contributed by atoms with van der Waals surface area (Å²) >= 11 is 3.14. The summed E-state index contributed by atoms with van der Waals surface area (Å²) in [4.78, 5) is 14.2. The van der Waals surface area contributed by atoms with Gasteiger partial charge < -0.3 is 15.0 Å². The minimum atomic E-state index is -0.673. The van der Waals surface area contributed by atoms with Gasteiger partial charge in [0.25, 0.3) is 0 Å². The van der Waals surface area contributed by atoms with Crippen molar-refractivity contribution in [3.63, 3.8) is 0 Å². The van der Waals surface area contributed by atoms with E-state index in [9.17, 15) is 9.18 Å². The molecule has 6 heteroatoms. The summed E-state index contributed by atoms with van der Waals surface area (Å²) in [6.45, 7) is 2.46. The normalized spacial score (nSPS) is 28.9. The Balaban J connectivity index is 2.12. The minimum absolute atomic E-state index is 0.0200. The van der Waals surface area contributed by atoms with E-state index in [4.69, 9.17) is 4.74 Å². The Kier molecular flexibility index (Phi) is 2.83. The molecule has 0 aromatic heterocycles. The lowest BCUT2D eigenvalue weighted by Crippen LogP contribution is -2.54. The Labute approximate surface area is 119 Å². The molecule has 1 saturated heterocycles. The summed E-state index contributed by atoms with van der Waals surface area (Å²) in [6, 6.07) is 3.05. The molecule has 0 saturated carbocycles. The van der Waals surface area contributed by atoms with E-state index in [0.29, 0.717) is 28.8 Å². The van der Waals surface area contributed by atoms with Crippen LogP contribution in [0.2, 0.25) is 0 Å². The van der Waals surface area contributed by atoms with Crippen molar-refractivity contribution < 1.29 is 13.9 Å². The van der Waals surface area contributed by atoms with E-state index in [0.717, 1.165) is 0 Å². The molecule has 2 aliphatic rings. The number of halogens is 2. The van der Waals surface area contributed by atoms with Crippen LogP contribution < -0.4 is 10.2 Å². The smallest absolute Gasteiger partial charge is 0.250 e. The zero-order valence-electron chi connectivity index (χ0n) is 10.7.